The molecule has 1 saturated carbocycles. The monoisotopic (exact) mass is 518 g/mol. The Hall–Kier alpha value is -0.0500. The van der Waals surface area contributed by atoms with Crippen LogP contribution in [0.2, 0.25) is 0 Å². The molecule has 0 amide bonds. The van der Waals surface area contributed by atoms with E-state index in [1.54, 1.807) is 32.9 Å². The molecule has 5 nitrogen and oxygen atoms in total. The zero-order valence-corrected chi connectivity index (χ0v) is 21.5. The second kappa shape index (κ2) is 9.44. The van der Waals surface area contributed by atoms with Gasteiger partial charge in [-0.25, -0.2) is 8.42 Å². The van der Waals surface area contributed by atoms with Crippen molar-refractivity contribution in [3.63, 3.8) is 0 Å². The number of halogens is 3. The number of hydrogen-bond donors (Lipinski definition) is 0. The van der Waals surface area contributed by atoms with Crippen LogP contribution < -0.4 is 0 Å². The Labute approximate surface area is 195 Å². The first-order valence-corrected chi connectivity index (χ1v) is 14.0. The van der Waals surface area contributed by atoms with Crippen molar-refractivity contribution in [3.8, 4) is 0 Å². The normalized spacial score (nSPS) is 22.6. The number of sulfone groups is 1. The summed E-state index contributed by atoms with van der Waals surface area (Å²) in [7, 11) is -7.36. The molecule has 1 atom stereocenters. The molecular formula is C20H29Cl3O5S2. The van der Waals surface area contributed by atoms with Gasteiger partial charge in [0.2, 0.25) is 3.79 Å². The van der Waals surface area contributed by atoms with Crippen molar-refractivity contribution >= 4 is 54.8 Å². The van der Waals surface area contributed by atoms with Crippen LogP contribution in [0.25, 0.3) is 0 Å². The summed E-state index contributed by atoms with van der Waals surface area (Å²) in [6.45, 7) is 6.92. The largest absolute Gasteiger partial charge is 0.297 e. The lowest BCUT2D eigenvalue weighted by Crippen LogP contribution is -2.41. The maximum atomic E-state index is 12.7. The third kappa shape index (κ3) is 6.72. The van der Waals surface area contributed by atoms with E-state index in [0.29, 0.717) is 25.7 Å². The van der Waals surface area contributed by atoms with Crippen molar-refractivity contribution in [1.82, 2.24) is 0 Å². The van der Waals surface area contributed by atoms with Gasteiger partial charge in [0.1, 0.15) is 6.10 Å². The molecule has 1 unspecified atom stereocenters. The van der Waals surface area contributed by atoms with E-state index in [9.17, 15) is 16.8 Å². The first-order valence-electron chi connectivity index (χ1n) is 9.82. The first kappa shape index (κ1) is 26.2. The van der Waals surface area contributed by atoms with Crippen molar-refractivity contribution in [1.29, 1.82) is 0 Å². The molecule has 0 heterocycles. The topological polar surface area (TPSA) is 77.5 Å². The molecule has 0 radical (unpaired) electrons. The van der Waals surface area contributed by atoms with E-state index in [0.717, 1.165) is 5.56 Å². The van der Waals surface area contributed by atoms with E-state index in [-0.39, 0.29) is 22.5 Å². The standard InChI is InChI=1S/C20H29Cl3O5S2/c1-14-5-11-17(12-6-14)30(26,27)28-18(20(21,22)23)16-9-7-15(8-10-16)13-29(24,25)19(2,3)4/h5-6,11-12,15-16,18H,7-10,13H2,1-4H3. The highest BCUT2D eigenvalue weighted by atomic mass is 35.6. The molecule has 1 fully saturated rings. The van der Waals surface area contributed by atoms with Gasteiger partial charge in [-0.2, -0.15) is 8.42 Å². The quantitative estimate of drug-likeness (QED) is 0.368. The number of rotatable bonds is 6. The molecule has 0 bridgehead atoms. The van der Waals surface area contributed by atoms with Gasteiger partial charge in [-0.05, 0) is 77.3 Å². The predicted octanol–water partition coefficient (Wildman–Crippen LogP) is 5.46. The fourth-order valence-corrected chi connectivity index (χ4v) is 6.95. The molecule has 2 rings (SSSR count). The molecule has 0 N–H and O–H groups in total. The van der Waals surface area contributed by atoms with Crippen LogP contribution in [-0.4, -0.2) is 37.2 Å². The summed E-state index contributed by atoms with van der Waals surface area (Å²) in [6, 6.07) is 6.24. The summed E-state index contributed by atoms with van der Waals surface area (Å²) in [6.07, 6.45) is 1.09. The lowest BCUT2D eigenvalue weighted by atomic mass is 9.80. The van der Waals surface area contributed by atoms with E-state index in [1.165, 1.54) is 12.1 Å². The Morgan fingerprint density at radius 3 is 1.90 bits per heavy atom. The second-order valence-electron chi connectivity index (χ2n) is 9.00. The van der Waals surface area contributed by atoms with E-state index in [4.69, 9.17) is 39.0 Å². The Morgan fingerprint density at radius 1 is 0.967 bits per heavy atom. The van der Waals surface area contributed by atoms with Crippen LogP contribution in [0, 0.1) is 18.8 Å². The molecule has 1 aliphatic rings. The highest BCUT2D eigenvalue weighted by Gasteiger charge is 2.45. The zero-order valence-electron chi connectivity index (χ0n) is 17.6. The molecule has 1 aromatic rings. The van der Waals surface area contributed by atoms with Crippen LogP contribution >= 0.6 is 34.8 Å². The molecule has 0 spiro atoms. The highest BCUT2D eigenvalue weighted by molar-refractivity contribution is 7.92. The minimum absolute atomic E-state index is 0.00249. The van der Waals surface area contributed by atoms with E-state index >= 15 is 0 Å². The summed E-state index contributed by atoms with van der Waals surface area (Å²) >= 11 is 18.3. The fourth-order valence-electron chi connectivity index (χ4n) is 3.52. The number of alkyl halides is 3. The molecule has 30 heavy (non-hydrogen) atoms. The Balaban J connectivity index is 2.12. The summed E-state index contributed by atoms with van der Waals surface area (Å²) < 4.78 is 53.1. The van der Waals surface area contributed by atoms with Crippen molar-refractivity contribution in [3.05, 3.63) is 29.8 Å². The molecule has 10 heteroatoms. The van der Waals surface area contributed by atoms with Gasteiger partial charge in [-0.1, -0.05) is 52.5 Å². The minimum Gasteiger partial charge on any atom is -0.258 e. The van der Waals surface area contributed by atoms with Crippen LogP contribution in [0.3, 0.4) is 0 Å². The third-order valence-corrected chi connectivity index (χ3v) is 10.3. The molecule has 1 aliphatic carbocycles. The van der Waals surface area contributed by atoms with Crippen LogP contribution in [0.4, 0.5) is 0 Å². The highest BCUT2D eigenvalue weighted by Crippen LogP contribution is 2.44. The molecule has 0 aliphatic heterocycles. The average molecular weight is 520 g/mol. The first-order chi connectivity index (χ1) is 13.5. The maximum absolute atomic E-state index is 12.7. The number of hydrogen-bond acceptors (Lipinski definition) is 5. The van der Waals surface area contributed by atoms with Gasteiger partial charge < -0.3 is 0 Å². The summed E-state index contributed by atoms with van der Waals surface area (Å²) in [5.41, 5.74) is 0.912. The molecule has 0 saturated heterocycles. The minimum atomic E-state index is -4.12. The van der Waals surface area contributed by atoms with Gasteiger partial charge in [0.15, 0.2) is 9.84 Å². The van der Waals surface area contributed by atoms with E-state index in [1.807, 2.05) is 6.92 Å². The Bertz CT molecular complexity index is 922. The molecular weight excluding hydrogens is 491 g/mol. The SMILES string of the molecule is Cc1ccc(S(=O)(=O)OC(C2CCC(CS(=O)(=O)C(C)(C)C)CC2)C(Cl)(Cl)Cl)cc1. The Kier molecular flexibility index (Phi) is 8.24. The lowest BCUT2D eigenvalue weighted by Gasteiger charge is -2.36. The summed E-state index contributed by atoms with van der Waals surface area (Å²) in [4.78, 5) is -0.00249. The lowest BCUT2D eigenvalue weighted by molar-refractivity contribution is 0.106. The molecule has 172 valence electrons. The van der Waals surface area contributed by atoms with Gasteiger partial charge in [0.05, 0.1) is 15.4 Å². The van der Waals surface area contributed by atoms with Crippen molar-refractivity contribution in [2.75, 3.05) is 5.75 Å². The van der Waals surface area contributed by atoms with Crippen LogP contribution in [0.15, 0.2) is 29.2 Å². The average Bonchev–Trinajstić information content (AvgIpc) is 2.59. The second-order valence-corrected chi connectivity index (χ2v) is 15.7. The molecule has 0 aromatic heterocycles. The van der Waals surface area contributed by atoms with Gasteiger partial charge in [0, 0.05) is 0 Å². The van der Waals surface area contributed by atoms with E-state index < -0.39 is 34.6 Å². The van der Waals surface area contributed by atoms with Crippen molar-refractivity contribution in [2.24, 2.45) is 11.8 Å². The smallest absolute Gasteiger partial charge is 0.258 e. The number of aryl methyl sites for hydroxylation is 1. The van der Waals surface area contributed by atoms with Crippen molar-refractivity contribution in [2.45, 2.75) is 72.9 Å². The predicted molar refractivity (Wildman–Crippen MR) is 123 cm³/mol. The van der Waals surface area contributed by atoms with Crippen LogP contribution in [-0.2, 0) is 24.1 Å². The summed E-state index contributed by atoms with van der Waals surface area (Å²) in [5, 5.41) is 0. The Morgan fingerprint density at radius 2 is 1.47 bits per heavy atom. The van der Waals surface area contributed by atoms with Gasteiger partial charge in [-0.15, -0.1) is 0 Å². The maximum Gasteiger partial charge on any atom is 0.297 e. The summed E-state index contributed by atoms with van der Waals surface area (Å²) in [5.74, 6) is -0.217. The van der Waals surface area contributed by atoms with Gasteiger partial charge in [0.25, 0.3) is 10.1 Å². The third-order valence-electron chi connectivity index (χ3n) is 5.57. The van der Waals surface area contributed by atoms with Gasteiger partial charge >= 0.3 is 0 Å². The number of benzene rings is 1. The zero-order chi connectivity index (χ0) is 23.0. The molecule has 1 aromatic carbocycles. The van der Waals surface area contributed by atoms with Crippen LogP contribution in [0.1, 0.15) is 52.0 Å². The van der Waals surface area contributed by atoms with E-state index in [2.05, 4.69) is 0 Å². The van der Waals surface area contributed by atoms with Crippen molar-refractivity contribution < 1.29 is 21.0 Å². The fraction of sp³-hybridized carbons (Fsp3) is 0.700. The van der Waals surface area contributed by atoms with Gasteiger partial charge in [-0.3, -0.25) is 4.18 Å². The van der Waals surface area contributed by atoms with Crippen LogP contribution in [0.5, 0.6) is 0 Å².